The molecule has 0 aliphatic rings. The molecule has 1 aromatic heterocycles. The Hall–Kier alpha value is -3.97. The van der Waals surface area contributed by atoms with Gasteiger partial charge in [-0.1, -0.05) is 32.4 Å². The molecule has 1 aromatic carbocycles. The fourth-order valence-electron chi connectivity index (χ4n) is 3.67. The number of carbonyl (C=O) groups excluding carboxylic acids is 3. The number of aliphatic carboxylic acids is 1. The zero-order chi connectivity index (χ0) is 28.4. The zero-order valence-electron chi connectivity index (χ0n) is 21.5. The van der Waals surface area contributed by atoms with Gasteiger partial charge in [0.05, 0.1) is 18.5 Å². The largest absolute Gasteiger partial charge is 0.508 e. The number of aromatic hydroxyl groups is 1. The normalized spacial score (nSPS) is 15.8. The van der Waals surface area contributed by atoms with Gasteiger partial charge in [0.15, 0.2) is 0 Å². The molecular weight excluding hydrogens is 496 g/mol. The highest BCUT2D eigenvalue weighted by Gasteiger charge is 2.33. The molecule has 0 aliphatic carbocycles. The van der Waals surface area contributed by atoms with Crippen molar-refractivity contribution in [2.45, 2.75) is 70.3 Å². The molecule has 13 heteroatoms. The van der Waals surface area contributed by atoms with Gasteiger partial charge in [-0.2, -0.15) is 0 Å². The molecule has 13 nitrogen and oxygen atoms in total. The van der Waals surface area contributed by atoms with E-state index in [1.165, 1.54) is 31.6 Å². The third-order valence-electron chi connectivity index (χ3n) is 6.18. The van der Waals surface area contributed by atoms with E-state index in [2.05, 4.69) is 25.9 Å². The Morgan fingerprint density at radius 1 is 0.974 bits per heavy atom. The standard InChI is InChI=1S/C25H36N6O7/c1-4-13(2)20(25(37)38)30-23(35)19(9-15-5-7-17(33)8-6-15)29-24(36)21(14(3)32)31-22(34)18(26)10-16-11-27-12-28-16/h5-8,11-14,18-21,32-33H,4,9-10,26H2,1-3H3,(H,27,28)(H,29,36)(H,30,35)(H,31,34)(H,37,38). The summed E-state index contributed by atoms with van der Waals surface area (Å²) in [4.78, 5) is 57.4. The first-order valence-electron chi connectivity index (χ1n) is 12.3. The average molecular weight is 533 g/mol. The number of benzene rings is 1. The van der Waals surface area contributed by atoms with Gasteiger partial charge >= 0.3 is 5.97 Å². The quantitative estimate of drug-likeness (QED) is 0.152. The number of aliphatic hydroxyl groups excluding tert-OH is 1. The Labute approximate surface area is 220 Å². The summed E-state index contributed by atoms with van der Waals surface area (Å²) in [7, 11) is 0. The van der Waals surface area contributed by atoms with Gasteiger partial charge in [-0.05, 0) is 30.5 Å². The van der Waals surface area contributed by atoms with Gasteiger partial charge in [0.2, 0.25) is 17.7 Å². The Bertz CT molecular complexity index is 1070. The first-order chi connectivity index (χ1) is 17.9. The number of phenolic OH excluding ortho intramolecular Hbond substituents is 1. The number of carboxylic acids is 1. The minimum atomic E-state index is -1.45. The maximum atomic E-state index is 13.2. The summed E-state index contributed by atoms with van der Waals surface area (Å²) in [6.07, 6.45) is 2.13. The van der Waals surface area contributed by atoms with E-state index < -0.39 is 54.0 Å². The molecule has 0 fully saturated rings. The van der Waals surface area contributed by atoms with E-state index in [4.69, 9.17) is 5.73 Å². The molecule has 0 radical (unpaired) electrons. The molecule has 0 aliphatic heterocycles. The lowest BCUT2D eigenvalue weighted by Gasteiger charge is -2.27. The summed E-state index contributed by atoms with van der Waals surface area (Å²) >= 11 is 0. The molecule has 9 N–H and O–H groups in total. The van der Waals surface area contributed by atoms with Crippen LogP contribution in [0.4, 0.5) is 0 Å². The van der Waals surface area contributed by atoms with E-state index in [9.17, 15) is 34.5 Å². The Morgan fingerprint density at radius 2 is 1.61 bits per heavy atom. The van der Waals surface area contributed by atoms with Crippen LogP contribution in [-0.4, -0.2) is 79.2 Å². The summed E-state index contributed by atoms with van der Waals surface area (Å²) < 4.78 is 0. The van der Waals surface area contributed by atoms with E-state index in [0.717, 1.165) is 0 Å². The third kappa shape index (κ3) is 8.85. The number of nitrogens with two attached hydrogens (primary N) is 1. The predicted octanol–water partition coefficient (Wildman–Crippen LogP) is -0.806. The fraction of sp³-hybridized carbons (Fsp3) is 0.480. The van der Waals surface area contributed by atoms with E-state index in [1.807, 2.05) is 0 Å². The maximum Gasteiger partial charge on any atom is 0.326 e. The topological polar surface area (TPSA) is 220 Å². The average Bonchev–Trinajstić information content (AvgIpc) is 3.38. The Balaban J connectivity index is 2.21. The number of amides is 3. The van der Waals surface area contributed by atoms with Crippen molar-refractivity contribution in [2.75, 3.05) is 0 Å². The van der Waals surface area contributed by atoms with Crippen molar-refractivity contribution >= 4 is 23.7 Å². The van der Waals surface area contributed by atoms with Gasteiger partial charge in [0.25, 0.3) is 0 Å². The number of phenols is 1. The second kappa shape index (κ2) is 14.1. The monoisotopic (exact) mass is 532 g/mol. The molecule has 6 unspecified atom stereocenters. The van der Waals surface area contributed by atoms with Crippen LogP contribution >= 0.6 is 0 Å². The third-order valence-corrected chi connectivity index (χ3v) is 6.18. The van der Waals surface area contributed by atoms with Crippen LogP contribution in [0.15, 0.2) is 36.8 Å². The van der Waals surface area contributed by atoms with Crippen molar-refractivity contribution in [3.63, 3.8) is 0 Å². The van der Waals surface area contributed by atoms with E-state index in [-0.39, 0.29) is 24.5 Å². The van der Waals surface area contributed by atoms with Crippen molar-refractivity contribution < 1.29 is 34.5 Å². The predicted molar refractivity (Wildman–Crippen MR) is 137 cm³/mol. The number of aliphatic hydroxyl groups is 1. The van der Waals surface area contributed by atoms with Crippen LogP contribution in [0, 0.1) is 5.92 Å². The van der Waals surface area contributed by atoms with Gasteiger partial charge in [-0.25, -0.2) is 9.78 Å². The Kier molecular flexibility index (Phi) is 11.2. The second-order valence-corrected chi connectivity index (χ2v) is 9.26. The number of carbonyl (C=O) groups is 4. The number of H-pyrrole nitrogens is 1. The molecule has 0 saturated carbocycles. The van der Waals surface area contributed by atoms with Crippen molar-refractivity contribution in [2.24, 2.45) is 11.7 Å². The minimum Gasteiger partial charge on any atom is -0.508 e. The highest BCUT2D eigenvalue weighted by molar-refractivity contribution is 5.94. The van der Waals surface area contributed by atoms with Crippen molar-refractivity contribution in [3.05, 3.63) is 48.0 Å². The van der Waals surface area contributed by atoms with Crippen molar-refractivity contribution in [1.29, 1.82) is 0 Å². The summed E-state index contributed by atoms with van der Waals surface area (Å²) in [5, 5.41) is 36.8. The van der Waals surface area contributed by atoms with E-state index in [0.29, 0.717) is 17.7 Å². The molecule has 0 spiro atoms. The second-order valence-electron chi connectivity index (χ2n) is 9.26. The van der Waals surface area contributed by atoms with E-state index in [1.54, 1.807) is 26.0 Å². The van der Waals surface area contributed by atoms with Crippen molar-refractivity contribution in [3.8, 4) is 5.75 Å². The minimum absolute atomic E-state index is 0.00449. The van der Waals surface area contributed by atoms with Gasteiger partial charge in [0.1, 0.15) is 23.9 Å². The molecular formula is C25H36N6O7. The van der Waals surface area contributed by atoms with Gasteiger partial charge < -0.3 is 42.0 Å². The number of nitrogens with zero attached hydrogens (tertiary/aromatic N) is 1. The lowest BCUT2D eigenvalue weighted by atomic mass is 9.98. The van der Waals surface area contributed by atoms with Crippen LogP contribution in [0.25, 0.3) is 0 Å². The summed E-state index contributed by atoms with van der Waals surface area (Å²) in [5.41, 5.74) is 7.10. The smallest absolute Gasteiger partial charge is 0.326 e. The van der Waals surface area contributed by atoms with E-state index >= 15 is 0 Å². The Morgan fingerprint density at radius 3 is 2.13 bits per heavy atom. The molecule has 0 saturated heterocycles. The first-order valence-corrected chi connectivity index (χ1v) is 12.3. The van der Waals surface area contributed by atoms with Gasteiger partial charge in [-0.3, -0.25) is 14.4 Å². The molecule has 208 valence electrons. The molecule has 3 amide bonds. The van der Waals surface area contributed by atoms with Crippen LogP contribution in [0.5, 0.6) is 5.75 Å². The summed E-state index contributed by atoms with van der Waals surface area (Å²) in [6, 6.07) is 0.967. The number of hydrogen-bond acceptors (Lipinski definition) is 8. The van der Waals surface area contributed by atoms with Crippen LogP contribution in [0.3, 0.4) is 0 Å². The van der Waals surface area contributed by atoms with Gasteiger partial charge in [0, 0.05) is 24.7 Å². The van der Waals surface area contributed by atoms with Crippen LogP contribution in [-0.2, 0) is 32.0 Å². The highest BCUT2D eigenvalue weighted by atomic mass is 16.4. The number of aromatic nitrogens is 2. The first kappa shape index (κ1) is 30.3. The number of nitrogens with one attached hydrogen (secondary N) is 4. The van der Waals surface area contributed by atoms with Crippen molar-refractivity contribution in [1.82, 2.24) is 25.9 Å². The number of carboxylic acid groups (broad SMARTS) is 1. The number of aromatic amines is 1. The molecule has 2 aromatic rings. The molecule has 6 atom stereocenters. The molecule has 1 heterocycles. The van der Waals surface area contributed by atoms with Crippen LogP contribution in [0.1, 0.15) is 38.4 Å². The fourth-order valence-corrected chi connectivity index (χ4v) is 3.67. The lowest BCUT2D eigenvalue weighted by Crippen LogP contribution is -2.60. The highest BCUT2D eigenvalue weighted by Crippen LogP contribution is 2.13. The molecule has 2 rings (SSSR count). The lowest BCUT2D eigenvalue weighted by molar-refractivity contribution is -0.144. The summed E-state index contributed by atoms with van der Waals surface area (Å²) in [6.45, 7) is 4.76. The number of rotatable bonds is 14. The maximum absolute atomic E-state index is 13.2. The van der Waals surface area contributed by atoms with Crippen LogP contribution in [0.2, 0.25) is 0 Å². The SMILES string of the molecule is CCC(C)C(NC(=O)C(Cc1ccc(O)cc1)NC(=O)C(NC(=O)C(N)Cc1cnc[nH]1)C(C)O)C(=O)O. The van der Waals surface area contributed by atoms with Gasteiger partial charge in [-0.15, -0.1) is 0 Å². The number of hydrogen-bond donors (Lipinski definition) is 8. The molecule has 38 heavy (non-hydrogen) atoms. The summed E-state index contributed by atoms with van der Waals surface area (Å²) in [5.74, 6) is -3.93. The van der Waals surface area contributed by atoms with Crippen LogP contribution < -0.4 is 21.7 Å². The molecule has 0 bridgehead atoms. The zero-order valence-corrected chi connectivity index (χ0v) is 21.5. The number of imidazole rings is 1.